The van der Waals surface area contributed by atoms with Crippen LogP contribution in [0.25, 0.3) is 33.7 Å². The third-order valence-corrected chi connectivity index (χ3v) is 8.40. The highest BCUT2D eigenvalue weighted by atomic mass is 32.2. The number of sulfonamides is 1. The van der Waals surface area contributed by atoms with Crippen LogP contribution in [0.2, 0.25) is 0 Å². The molecule has 1 aliphatic carbocycles. The fourth-order valence-corrected chi connectivity index (χ4v) is 5.91. The van der Waals surface area contributed by atoms with Crippen molar-refractivity contribution < 1.29 is 17.7 Å². The Kier molecular flexibility index (Phi) is 7.02. The van der Waals surface area contributed by atoms with Gasteiger partial charge in [-0.25, -0.2) is 8.42 Å². The summed E-state index contributed by atoms with van der Waals surface area (Å²) in [4.78, 5) is 17.5. The zero-order valence-electron chi connectivity index (χ0n) is 23.7. The van der Waals surface area contributed by atoms with E-state index in [1.165, 1.54) is 5.56 Å². The number of carbonyl (C=O) groups excluding carboxylic acids is 1. The Bertz CT molecular complexity index is 1890. The normalized spacial score (nSPS) is 14.0. The number of hydrogen-bond donors (Lipinski definition) is 1. The number of hydrogen-bond acceptors (Lipinski definition) is 6. The summed E-state index contributed by atoms with van der Waals surface area (Å²) in [6.45, 7) is 4.03. The monoisotopic (exact) mass is 577 g/mol. The van der Waals surface area contributed by atoms with Gasteiger partial charge in [-0.2, -0.15) is 0 Å². The molecule has 0 radical (unpaired) electrons. The van der Waals surface area contributed by atoms with Crippen LogP contribution in [0.5, 0.6) is 0 Å². The standard InChI is InChI=1S/C34H31N3O4S/c1-22-6-4-7-27(20-22)31-9-5-8-29(35-31)21-30-23(2)36-41-32(30)26-12-10-24(11-13-26)25-14-16-28(17-15-25)34(18-19-34)33(38)37-42(3,39)40/h4-17,20H,18-19,21H2,1-3H3,(H,37,38). The molecule has 42 heavy (non-hydrogen) atoms. The van der Waals surface area contributed by atoms with E-state index >= 15 is 0 Å². The number of aromatic nitrogens is 2. The van der Waals surface area contributed by atoms with Gasteiger partial charge < -0.3 is 4.52 Å². The van der Waals surface area contributed by atoms with Crippen LogP contribution >= 0.6 is 0 Å². The second-order valence-corrected chi connectivity index (χ2v) is 12.8. The number of aryl methyl sites for hydroxylation is 2. The minimum atomic E-state index is -3.60. The molecule has 6 rings (SSSR count). The first-order valence-corrected chi connectivity index (χ1v) is 15.7. The van der Waals surface area contributed by atoms with Gasteiger partial charge in [0.2, 0.25) is 15.9 Å². The van der Waals surface area contributed by atoms with Crippen molar-refractivity contribution in [3.63, 3.8) is 0 Å². The smallest absolute Gasteiger partial charge is 0.244 e. The summed E-state index contributed by atoms with van der Waals surface area (Å²) in [5.41, 5.74) is 9.00. The molecule has 0 atom stereocenters. The summed E-state index contributed by atoms with van der Waals surface area (Å²) < 4.78 is 31.0. The van der Waals surface area contributed by atoms with E-state index in [2.05, 4.69) is 35.0 Å². The predicted molar refractivity (Wildman–Crippen MR) is 163 cm³/mol. The number of carbonyl (C=O) groups is 1. The summed E-state index contributed by atoms with van der Waals surface area (Å²) in [5, 5.41) is 4.26. The molecule has 1 fully saturated rings. The highest BCUT2D eigenvalue weighted by Gasteiger charge is 2.52. The molecular formula is C34H31N3O4S. The van der Waals surface area contributed by atoms with E-state index in [0.717, 1.165) is 62.5 Å². The molecule has 2 heterocycles. The number of nitrogens with one attached hydrogen (secondary N) is 1. The van der Waals surface area contributed by atoms with Crippen LogP contribution in [0.3, 0.4) is 0 Å². The lowest BCUT2D eigenvalue weighted by molar-refractivity contribution is -0.121. The van der Waals surface area contributed by atoms with Crippen molar-refractivity contribution >= 4 is 15.9 Å². The molecule has 0 unspecified atom stereocenters. The second kappa shape index (κ2) is 10.7. The minimum absolute atomic E-state index is 0.461. The van der Waals surface area contributed by atoms with Gasteiger partial charge in [0.1, 0.15) is 0 Å². The fraction of sp³-hybridized carbons (Fsp3) is 0.206. The van der Waals surface area contributed by atoms with Gasteiger partial charge in [-0.05, 0) is 61.6 Å². The lowest BCUT2D eigenvalue weighted by atomic mass is 9.93. The topological polar surface area (TPSA) is 102 Å². The van der Waals surface area contributed by atoms with Crippen molar-refractivity contribution in [2.45, 2.75) is 38.5 Å². The Balaban J connectivity index is 1.21. The molecule has 8 heteroatoms. The molecule has 2 aromatic heterocycles. The van der Waals surface area contributed by atoms with Crippen LogP contribution in [-0.2, 0) is 26.7 Å². The van der Waals surface area contributed by atoms with E-state index in [0.29, 0.717) is 19.3 Å². The van der Waals surface area contributed by atoms with Gasteiger partial charge in [-0.3, -0.25) is 14.5 Å². The third-order valence-electron chi connectivity index (χ3n) is 7.84. The summed E-state index contributed by atoms with van der Waals surface area (Å²) in [6, 6.07) is 30.3. The number of pyridine rings is 1. The zero-order chi connectivity index (χ0) is 29.5. The lowest BCUT2D eigenvalue weighted by Crippen LogP contribution is -2.38. The molecule has 7 nitrogen and oxygen atoms in total. The molecule has 1 saturated carbocycles. The van der Waals surface area contributed by atoms with E-state index < -0.39 is 21.3 Å². The molecule has 5 aromatic rings. The molecule has 0 saturated heterocycles. The lowest BCUT2D eigenvalue weighted by Gasteiger charge is -2.15. The van der Waals surface area contributed by atoms with Crippen LogP contribution in [-0.4, -0.2) is 30.7 Å². The van der Waals surface area contributed by atoms with Gasteiger partial charge in [0, 0.05) is 28.8 Å². The number of benzene rings is 3. The Morgan fingerprint density at radius 3 is 2.14 bits per heavy atom. The van der Waals surface area contributed by atoms with E-state index in [1.807, 2.05) is 79.7 Å². The van der Waals surface area contributed by atoms with Gasteiger partial charge in [-0.15, -0.1) is 0 Å². The van der Waals surface area contributed by atoms with Crippen LogP contribution in [0.1, 0.15) is 40.9 Å². The molecule has 212 valence electrons. The third kappa shape index (κ3) is 5.63. The molecule has 1 aliphatic rings. The Morgan fingerprint density at radius 2 is 1.50 bits per heavy atom. The highest BCUT2D eigenvalue weighted by molar-refractivity contribution is 7.89. The Morgan fingerprint density at radius 1 is 0.857 bits per heavy atom. The van der Waals surface area contributed by atoms with Gasteiger partial charge in [0.05, 0.1) is 23.1 Å². The first-order chi connectivity index (χ1) is 20.1. The zero-order valence-corrected chi connectivity index (χ0v) is 24.5. The summed E-state index contributed by atoms with van der Waals surface area (Å²) >= 11 is 0. The first-order valence-electron chi connectivity index (χ1n) is 13.8. The predicted octanol–water partition coefficient (Wildman–Crippen LogP) is 6.39. The van der Waals surface area contributed by atoms with E-state index in [4.69, 9.17) is 9.51 Å². The number of nitrogens with zero attached hydrogens (tertiary/aromatic N) is 2. The van der Waals surface area contributed by atoms with Gasteiger partial charge in [0.15, 0.2) is 5.76 Å². The summed E-state index contributed by atoms with van der Waals surface area (Å²) in [6.07, 6.45) is 2.86. The maximum absolute atomic E-state index is 12.6. The van der Waals surface area contributed by atoms with Crippen LogP contribution in [0, 0.1) is 13.8 Å². The van der Waals surface area contributed by atoms with Crippen LogP contribution < -0.4 is 4.72 Å². The van der Waals surface area contributed by atoms with Crippen molar-refractivity contribution in [1.82, 2.24) is 14.9 Å². The number of rotatable bonds is 8. The molecule has 0 bridgehead atoms. The SMILES string of the molecule is Cc1cccc(-c2cccc(Cc3c(C)noc3-c3ccc(-c4ccc(C5(C(=O)NS(C)(=O)=O)CC5)cc4)cc3)n2)c1. The Labute approximate surface area is 245 Å². The van der Waals surface area contributed by atoms with Gasteiger partial charge in [0.25, 0.3) is 0 Å². The van der Waals surface area contributed by atoms with Gasteiger partial charge >= 0.3 is 0 Å². The van der Waals surface area contributed by atoms with Crippen molar-refractivity contribution in [3.8, 4) is 33.7 Å². The van der Waals surface area contributed by atoms with Crippen molar-refractivity contribution in [2.75, 3.05) is 6.26 Å². The molecule has 0 spiro atoms. The van der Waals surface area contributed by atoms with Crippen LogP contribution in [0.4, 0.5) is 0 Å². The van der Waals surface area contributed by atoms with E-state index in [-0.39, 0.29) is 0 Å². The average Bonchev–Trinajstić information content (AvgIpc) is 3.71. The molecule has 1 N–H and O–H groups in total. The van der Waals surface area contributed by atoms with Crippen molar-refractivity contribution in [2.24, 2.45) is 0 Å². The van der Waals surface area contributed by atoms with Crippen LogP contribution in [0.15, 0.2) is 95.5 Å². The minimum Gasteiger partial charge on any atom is -0.356 e. The molecule has 0 aliphatic heterocycles. The first kappa shape index (κ1) is 27.6. The average molecular weight is 578 g/mol. The summed E-state index contributed by atoms with van der Waals surface area (Å²) in [7, 11) is -3.60. The van der Waals surface area contributed by atoms with Gasteiger partial charge in [-0.1, -0.05) is 83.5 Å². The van der Waals surface area contributed by atoms with Crippen molar-refractivity contribution in [1.29, 1.82) is 0 Å². The maximum Gasteiger partial charge on any atom is 0.244 e. The largest absolute Gasteiger partial charge is 0.356 e. The molecular weight excluding hydrogens is 546 g/mol. The quantitative estimate of drug-likeness (QED) is 0.229. The summed E-state index contributed by atoms with van der Waals surface area (Å²) in [5.74, 6) is 0.266. The van der Waals surface area contributed by atoms with Crippen molar-refractivity contribution in [3.05, 3.63) is 119 Å². The fourth-order valence-electron chi connectivity index (χ4n) is 5.38. The number of amides is 1. The molecule has 1 amide bonds. The van der Waals surface area contributed by atoms with E-state index in [9.17, 15) is 13.2 Å². The second-order valence-electron chi connectivity index (χ2n) is 11.1. The highest BCUT2D eigenvalue weighted by Crippen LogP contribution is 2.48. The maximum atomic E-state index is 12.6. The molecule has 3 aromatic carbocycles. The Hall–Kier alpha value is -4.56. The van der Waals surface area contributed by atoms with E-state index in [1.54, 1.807) is 0 Å².